The van der Waals surface area contributed by atoms with Crippen molar-refractivity contribution in [1.29, 1.82) is 0 Å². The van der Waals surface area contributed by atoms with E-state index in [2.05, 4.69) is 26.5 Å². The topological polar surface area (TPSA) is 70.9 Å². The quantitative estimate of drug-likeness (QED) is 0.578. The molecule has 0 heterocycles. The minimum atomic E-state index is -0.410. The molecule has 0 aromatic heterocycles. The molecule has 2 aromatic carbocycles. The Labute approximate surface area is 153 Å². The zero-order chi connectivity index (χ0) is 17.7. The molecule has 2 rings (SSSR count). The fourth-order valence-electron chi connectivity index (χ4n) is 1.99. The van der Waals surface area contributed by atoms with Gasteiger partial charge in [0.15, 0.2) is 6.61 Å². The van der Waals surface area contributed by atoms with Crippen LogP contribution >= 0.6 is 27.5 Å². The molecule has 7 heteroatoms. The predicted octanol–water partition coefficient (Wildman–Crippen LogP) is 3.95. The van der Waals surface area contributed by atoms with Crippen molar-refractivity contribution >= 4 is 39.7 Å². The van der Waals surface area contributed by atoms with E-state index in [1.807, 2.05) is 32.0 Å². The van der Waals surface area contributed by atoms with Crippen LogP contribution in [0.2, 0.25) is 5.02 Å². The number of hydrogen-bond acceptors (Lipinski definition) is 4. The first-order chi connectivity index (χ1) is 11.4. The molecular weight excluding hydrogens is 396 g/mol. The molecule has 0 atom stereocenters. The summed E-state index contributed by atoms with van der Waals surface area (Å²) < 4.78 is 6.15. The van der Waals surface area contributed by atoms with Gasteiger partial charge in [0.25, 0.3) is 5.91 Å². The molecule has 0 unspecified atom stereocenters. The maximum atomic E-state index is 11.8. The lowest BCUT2D eigenvalue weighted by Crippen LogP contribution is -2.24. The summed E-state index contributed by atoms with van der Waals surface area (Å²) in [5, 5.41) is 13.8. The van der Waals surface area contributed by atoms with Crippen LogP contribution in [0.3, 0.4) is 0 Å². The largest absolute Gasteiger partial charge is 0.506 e. The molecule has 0 aliphatic carbocycles. The third-order valence-electron chi connectivity index (χ3n) is 3.14. The van der Waals surface area contributed by atoms with Crippen LogP contribution in [-0.4, -0.2) is 23.8 Å². The first kappa shape index (κ1) is 18.3. The molecule has 2 aromatic rings. The van der Waals surface area contributed by atoms with E-state index in [1.165, 1.54) is 6.21 Å². The standard InChI is InChI=1S/C17H16BrClN2O3/c1-10-3-4-15(11(2)5-10)24-9-16(22)21-20-8-12-6-13(18)7-14(19)17(12)23/h3-8,23H,9H2,1-2H3,(H,21,22)/b20-8-. The highest BCUT2D eigenvalue weighted by Crippen LogP contribution is 2.30. The van der Waals surface area contributed by atoms with Crippen LogP contribution in [0, 0.1) is 13.8 Å². The van der Waals surface area contributed by atoms with Gasteiger partial charge in [0, 0.05) is 10.0 Å². The number of carbonyl (C=O) groups excluding carboxylic acids is 1. The first-order valence-corrected chi connectivity index (χ1v) is 8.24. The highest BCUT2D eigenvalue weighted by Gasteiger charge is 2.07. The Morgan fingerprint density at radius 1 is 1.38 bits per heavy atom. The smallest absolute Gasteiger partial charge is 0.277 e. The number of nitrogens with one attached hydrogen (secondary N) is 1. The second kappa shape index (κ2) is 8.17. The van der Waals surface area contributed by atoms with E-state index < -0.39 is 5.91 Å². The summed E-state index contributed by atoms with van der Waals surface area (Å²) in [5.74, 6) is 0.132. The summed E-state index contributed by atoms with van der Waals surface area (Å²) in [6, 6.07) is 8.90. The first-order valence-electron chi connectivity index (χ1n) is 7.07. The van der Waals surface area contributed by atoms with Crippen molar-refractivity contribution in [3.05, 3.63) is 56.5 Å². The lowest BCUT2D eigenvalue weighted by Gasteiger charge is -2.08. The van der Waals surface area contributed by atoms with Crippen LogP contribution in [0.25, 0.3) is 0 Å². The van der Waals surface area contributed by atoms with Gasteiger partial charge in [-0.25, -0.2) is 5.43 Å². The molecule has 0 saturated heterocycles. The summed E-state index contributed by atoms with van der Waals surface area (Å²) >= 11 is 9.12. The van der Waals surface area contributed by atoms with Crippen LogP contribution in [0.1, 0.15) is 16.7 Å². The highest BCUT2D eigenvalue weighted by molar-refractivity contribution is 9.10. The highest BCUT2D eigenvalue weighted by atomic mass is 79.9. The minimum absolute atomic E-state index is 0.107. The average Bonchev–Trinajstić information content (AvgIpc) is 2.51. The van der Waals surface area contributed by atoms with Gasteiger partial charge in [-0.15, -0.1) is 0 Å². The van der Waals surface area contributed by atoms with Crippen LogP contribution in [-0.2, 0) is 4.79 Å². The summed E-state index contributed by atoms with van der Waals surface area (Å²) in [5.41, 5.74) is 4.80. The Hall–Kier alpha value is -2.05. The van der Waals surface area contributed by atoms with E-state index in [0.717, 1.165) is 11.1 Å². The predicted molar refractivity (Wildman–Crippen MR) is 98.0 cm³/mol. The van der Waals surface area contributed by atoms with Gasteiger partial charge in [-0.05, 0) is 37.6 Å². The lowest BCUT2D eigenvalue weighted by atomic mass is 10.1. The van der Waals surface area contributed by atoms with Crippen LogP contribution in [0.5, 0.6) is 11.5 Å². The third-order valence-corrected chi connectivity index (χ3v) is 3.89. The SMILES string of the molecule is Cc1ccc(OCC(=O)N/N=C\c2cc(Br)cc(Cl)c2O)c(C)c1. The second-order valence-corrected chi connectivity index (χ2v) is 6.50. The monoisotopic (exact) mass is 410 g/mol. The molecule has 0 radical (unpaired) electrons. The van der Waals surface area contributed by atoms with Crippen LogP contribution in [0.4, 0.5) is 0 Å². The van der Waals surface area contributed by atoms with Gasteiger partial charge < -0.3 is 9.84 Å². The molecule has 5 nitrogen and oxygen atoms in total. The van der Waals surface area contributed by atoms with Gasteiger partial charge in [0.05, 0.1) is 11.2 Å². The van der Waals surface area contributed by atoms with Crippen LogP contribution < -0.4 is 10.2 Å². The Bertz CT molecular complexity index is 794. The fourth-order valence-corrected chi connectivity index (χ4v) is 2.83. The number of amides is 1. The third kappa shape index (κ3) is 4.97. The molecule has 0 aliphatic heterocycles. The number of phenolic OH excluding ortho intramolecular Hbond substituents is 1. The molecule has 0 aliphatic rings. The number of benzene rings is 2. The van der Waals surface area contributed by atoms with Crippen molar-refractivity contribution in [3.63, 3.8) is 0 Å². The van der Waals surface area contributed by atoms with E-state index in [1.54, 1.807) is 12.1 Å². The second-order valence-electron chi connectivity index (χ2n) is 5.18. The van der Waals surface area contributed by atoms with Gasteiger partial charge >= 0.3 is 0 Å². The van der Waals surface area contributed by atoms with Crippen molar-refractivity contribution in [2.24, 2.45) is 5.10 Å². The summed E-state index contributed by atoms with van der Waals surface area (Å²) in [6.07, 6.45) is 1.31. The van der Waals surface area contributed by atoms with Crippen molar-refractivity contribution in [2.45, 2.75) is 13.8 Å². The van der Waals surface area contributed by atoms with E-state index >= 15 is 0 Å². The molecule has 0 saturated carbocycles. The number of rotatable bonds is 5. The van der Waals surface area contributed by atoms with Gasteiger partial charge in [0.2, 0.25) is 0 Å². The maximum absolute atomic E-state index is 11.8. The minimum Gasteiger partial charge on any atom is -0.506 e. The normalized spacial score (nSPS) is 10.8. The molecule has 0 fully saturated rings. The number of nitrogens with zero attached hydrogens (tertiary/aromatic N) is 1. The van der Waals surface area contributed by atoms with Crippen LogP contribution in [0.15, 0.2) is 39.9 Å². The number of ether oxygens (including phenoxy) is 1. The zero-order valence-electron chi connectivity index (χ0n) is 13.1. The summed E-state index contributed by atoms with van der Waals surface area (Å²) in [4.78, 5) is 11.8. The van der Waals surface area contributed by atoms with E-state index in [9.17, 15) is 9.90 Å². The van der Waals surface area contributed by atoms with Crippen molar-refractivity contribution < 1.29 is 14.6 Å². The Balaban J connectivity index is 1.91. The van der Waals surface area contributed by atoms with Crippen molar-refractivity contribution in [2.75, 3.05) is 6.61 Å². The summed E-state index contributed by atoms with van der Waals surface area (Å²) in [6.45, 7) is 3.74. The van der Waals surface area contributed by atoms with Gasteiger partial charge in [-0.1, -0.05) is 45.2 Å². The Kier molecular flexibility index (Phi) is 6.23. The molecule has 126 valence electrons. The number of aromatic hydroxyl groups is 1. The van der Waals surface area contributed by atoms with E-state index in [4.69, 9.17) is 16.3 Å². The number of hydrazone groups is 1. The maximum Gasteiger partial charge on any atom is 0.277 e. The Morgan fingerprint density at radius 3 is 2.83 bits per heavy atom. The lowest BCUT2D eigenvalue weighted by molar-refractivity contribution is -0.123. The van der Waals surface area contributed by atoms with E-state index in [-0.39, 0.29) is 17.4 Å². The zero-order valence-corrected chi connectivity index (χ0v) is 15.5. The summed E-state index contributed by atoms with van der Waals surface area (Å²) in [7, 11) is 0. The molecule has 24 heavy (non-hydrogen) atoms. The van der Waals surface area contributed by atoms with Crippen molar-refractivity contribution in [1.82, 2.24) is 5.43 Å². The molecule has 0 spiro atoms. The fraction of sp³-hybridized carbons (Fsp3) is 0.176. The number of aryl methyl sites for hydroxylation is 2. The molecule has 1 amide bonds. The number of hydrogen-bond donors (Lipinski definition) is 2. The molecular formula is C17H16BrClN2O3. The Morgan fingerprint density at radius 2 is 2.12 bits per heavy atom. The van der Waals surface area contributed by atoms with Gasteiger partial charge in [0.1, 0.15) is 11.5 Å². The molecule has 0 bridgehead atoms. The number of halogens is 2. The van der Waals surface area contributed by atoms with Gasteiger partial charge in [-0.2, -0.15) is 5.10 Å². The van der Waals surface area contributed by atoms with Gasteiger partial charge in [-0.3, -0.25) is 4.79 Å². The molecule has 2 N–H and O–H groups in total. The average molecular weight is 412 g/mol. The van der Waals surface area contributed by atoms with E-state index in [0.29, 0.717) is 15.8 Å². The van der Waals surface area contributed by atoms with Crippen molar-refractivity contribution in [3.8, 4) is 11.5 Å². The number of carbonyl (C=O) groups is 1. The number of phenols is 1.